The number of morpholine rings is 1. The van der Waals surface area contributed by atoms with Crippen molar-refractivity contribution in [3.05, 3.63) is 51.1 Å². The lowest BCUT2D eigenvalue weighted by Gasteiger charge is -2.33. The summed E-state index contributed by atoms with van der Waals surface area (Å²) in [5, 5.41) is 13.9. The molecular formula is C27H41N7O2. The molecule has 36 heavy (non-hydrogen) atoms. The zero-order valence-corrected chi connectivity index (χ0v) is 22.7. The van der Waals surface area contributed by atoms with Gasteiger partial charge in [-0.1, -0.05) is 18.6 Å². The number of nitrogens with zero attached hydrogens (tertiary/aromatic N) is 6. The molecule has 1 aliphatic heterocycles. The summed E-state index contributed by atoms with van der Waals surface area (Å²) in [6, 6.07) is 6.30. The third kappa shape index (κ3) is 6.02. The summed E-state index contributed by atoms with van der Waals surface area (Å²) >= 11 is 0. The molecular weight excluding hydrogens is 454 g/mol. The molecule has 1 atom stereocenters. The lowest BCUT2D eigenvalue weighted by Crippen LogP contribution is -2.39. The van der Waals surface area contributed by atoms with Crippen LogP contribution in [0.4, 0.5) is 0 Å². The SMILES string of the molecule is CCC(c1nnnn1C(C)(C)C)N(CCCN1CCOCC1)Cc1cc2cc(C)cc(C)c2[nH]c1=O. The second kappa shape index (κ2) is 11.2. The van der Waals surface area contributed by atoms with E-state index in [1.807, 2.05) is 11.6 Å². The van der Waals surface area contributed by atoms with Crippen LogP contribution in [0.15, 0.2) is 23.0 Å². The first-order valence-electron chi connectivity index (χ1n) is 13.1. The Morgan fingerprint density at radius 1 is 1.17 bits per heavy atom. The maximum atomic E-state index is 13.2. The van der Waals surface area contributed by atoms with Gasteiger partial charge < -0.3 is 9.72 Å². The molecule has 9 nitrogen and oxygen atoms in total. The average molecular weight is 496 g/mol. The monoisotopic (exact) mass is 495 g/mol. The Morgan fingerprint density at radius 2 is 1.92 bits per heavy atom. The van der Waals surface area contributed by atoms with Crippen LogP contribution in [0.1, 0.15) is 69.1 Å². The molecule has 1 saturated heterocycles. The van der Waals surface area contributed by atoms with E-state index < -0.39 is 0 Å². The van der Waals surface area contributed by atoms with Crippen LogP contribution in [-0.2, 0) is 16.8 Å². The fourth-order valence-electron chi connectivity index (χ4n) is 5.22. The number of ether oxygens (including phenoxy) is 1. The molecule has 0 saturated carbocycles. The van der Waals surface area contributed by atoms with Gasteiger partial charge in [-0.3, -0.25) is 14.6 Å². The zero-order valence-electron chi connectivity index (χ0n) is 22.7. The van der Waals surface area contributed by atoms with E-state index in [1.54, 1.807) is 0 Å². The summed E-state index contributed by atoms with van der Waals surface area (Å²) in [4.78, 5) is 21.2. The van der Waals surface area contributed by atoms with Gasteiger partial charge in [-0.2, -0.15) is 0 Å². The molecule has 0 spiro atoms. The molecule has 0 aliphatic carbocycles. The number of pyridine rings is 1. The van der Waals surface area contributed by atoms with E-state index in [9.17, 15) is 4.79 Å². The second-order valence-corrected chi connectivity index (χ2v) is 11.0. The predicted octanol–water partition coefficient (Wildman–Crippen LogP) is 3.56. The number of benzene rings is 1. The standard InChI is InChI=1S/C27H41N7O2/c1-7-23(25-29-30-31-34(25)27(4,5)6)33(10-8-9-32-11-13-36-14-12-32)18-22-17-21-16-19(2)15-20(3)24(21)28-26(22)35/h15-17,23H,7-14,18H2,1-6H3,(H,28,35). The number of nitrogens with one attached hydrogen (secondary N) is 1. The van der Waals surface area contributed by atoms with Gasteiger partial charge in [0.1, 0.15) is 0 Å². The fourth-order valence-corrected chi connectivity index (χ4v) is 5.22. The first kappa shape index (κ1) is 26.4. The maximum Gasteiger partial charge on any atom is 0.252 e. The smallest absolute Gasteiger partial charge is 0.252 e. The van der Waals surface area contributed by atoms with Crippen molar-refractivity contribution in [2.24, 2.45) is 0 Å². The van der Waals surface area contributed by atoms with Gasteiger partial charge in [0.2, 0.25) is 0 Å². The highest BCUT2D eigenvalue weighted by Crippen LogP contribution is 2.28. The van der Waals surface area contributed by atoms with Gasteiger partial charge in [-0.05, 0) is 87.5 Å². The number of hydrogen-bond donors (Lipinski definition) is 1. The summed E-state index contributed by atoms with van der Waals surface area (Å²) < 4.78 is 7.43. The Bertz CT molecular complexity index is 1220. The van der Waals surface area contributed by atoms with Gasteiger partial charge in [0.25, 0.3) is 5.56 Å². The van der Waals surface area contributed by atoms with E-state index in [-0.39, 0.29) is 17.1 Å². The second-order valence-electron chi connectivity index (χ2n) is 11.0. The van der Waals surface area contributed by atoms with Crippen LogP contribution in [-0.4, -0.2) is 74.4 Å². The van der Waals surface area contributed by atoms with Crippen molar-refractivity contribution < 1.29 is 4.74 Å². The summed E-state index contributed by atoms with van der Waals surface area (Å²) in [6.45, 7) is 18.6. The maximum absolute atomic E-state index is 13.2. The Hall–Kier alpha value is -2.62. The molecule has 2 aromatic heterocycles. The van der Waals surface area contributed by atoms with E-state index in [1.165, 1.54) is 5.56 Å². The summed E-state index contributed by atoms with van der Waals surface area (Å²) in [5.74, 6) is 0.847. The highest BCUT2D eigenvalue weighted by molar-refractivity contribution is 5.82. The minimum absolute atomic E-state index is 0.00161. The normalized spacial score (nSPS) is 16.2. The van der Waals surface area contributed by atoms with E-state index in [4.69, 9.17) is 4.74 Å². The van der Waals surface area contributed by atoms with Crippen LogP contribution >= 0.6 is 0 Å². The topological polar surface area (TPSA) is 92.2 Å². The minimum Gasteiger partial charge on any atom is -0.379 e. The van der Waals surface area contributed by atoms with E-state index in [0.717, 1.165) is 80.1 Å². The Kier molecular flexibility index (Phi) is 8.22. The number of H-pyrrole nitrogens is 1. The van der Waals surface area contributed by atoms with Crippen LogP contribution in [0, 0.1) is 13.8 Å². The first-order chi connectivity index (χ1) is 17.2. The lowest BCUT2D eigenvalue weighted by molar-refractivity contribution is 0.0348. The van der Waals surface area contributed by atoms with Crippen molar-refractivity contribution in [2.75, 3.05) is 39.4 Å². The van der Waals surface area contributed by atoms with Gasteiger partial charge >= 0.3 is 0 Å². The van der Waals surface area contributed by atoms with Crippen molar-refractivity contribution >= 4 is 10.9 Å². The molecule has 4 rings (SSSR count). The number of aromatic nitrogens is 5. The van der Waals surface area contributed by atoms with Gasteiger partial charge in [0.15, 0.2) is 5.82 Å². The van der Waals surface area contributed by atoms with Crippen LogP contribution < -0.4 is 5.56 Å². The van der Waals surface area contributed by atoms with Crippen LogP contribution in [0.2, 0.25) is 0 Å². The van der Waals surface area contributed by atoms with Crippen molar-refractivity contribution in [3.63, 3.8) is 0 Å². The number of rotatable bonds is 9. The molecule has 1 aromatic carbocycles. The molecule has 1 aliphatic rings. The van der Waals surface area contributed by atoms with Crippen molar-refractivity contribution in [3.8, 4) is 0 Å². The third-order valence-corrected chi connectivity index (χ3v) is 7.02. The number of hydrogen-bond acceptors (Lipinski definition) is 7. The molecule has 0 bridgehead atoms. The highest BCUT2D eigenvalue weighted by atomic mass is 16.5. The molecule has 196 valence electrons. The Balaban J connectivity index is 1.65. The van der Waals surface area contributed by atoms with Crippen LogP contribution in [0.25, 0.3) is 10.9 Å². The molecule has 3 aromatic rings. The number of fused-ring (bicyclic) bond motifs is 1. The Morgan fingerprint density at radius 3 is 2.61 bits per heavy atom. The molecule has 3 heterocycles. The van der Waals surface area contributed by atoms with Crippen LogP contribution in [0.3, 0.4) is 0 Å². The van der Waals surface area contributed by atoms with Crippen molar-refractivity contribution in [2.45, 2.75) is 72.5 Å². The summed E-state index contributed by atoms with van der Waals surface area (Å²) in [5.41, 5.74) is 3.70. The largest absolute Gasteiger partial charge is 0.379 e. The minimum atomic E-state index is -0.235. The third-order valence-electron chi connectivity index (χ3n) is 7.02. The van der Waals surface area contributed by atoms with E-state index in [2.05, 4.69) is 83.1 Å². The van der Waals surface area contributed by atoms with Crippen molar-refractivity contribution in [1.82, 2.24) is 35.0 Å². The molecule has 0 amide bonds. The lowest BCUT2D eigenvalue weighted by atomic mass is 10.0. The first-order valence-corrected chi connectivity index (χ1v) is 13.1. The van der Waals surface area contributed by atoms with E-state index >= 15 is 0 Å². The fraction of sp³-hybridized carbons (Fsp3) is 0.630. The molecule has 1 N–H and O–H groups in total. The predicted molar refractivity (Wildman–Crippen MR) is 142 cm³/mol. The number of tetrazole rings is 1. The van der Waals surface area contributed by atoms with Gasteiger partial charge in [-0.15, -0.1) is 5.10 Å². The molecule has 1 unspecified atom stereocenters. The zero-order chi connectivity index (χ0) is 25.9. The van der Waals surface area contributed by atoms with Gasteiger partial charge in [-0.25, -0.2) is 4.68 Å². The number of aromatic amines is 1. The average Bonchev–Trinajstić information content (AvgIpc) is 3.31. The molecule has 9 heteroatoms. The van der Waals surface area contributed by atoms with Crippen molar-refractivity contribution in [1.29, 1.82) is 0 Å². The number of aryl methyl sites for hydroxylation is 2. The van der Waals surface area contributed by atoms with Gasteiger partial charge in [0.05, 0.1) is 30.3 Å². The van der Waals surface area contributed by atoms with Crippen LogP contribution in [0.5, 0.6) is 0 Å². The van der Waals surface area contributed by atoms with Gasteiger partial charge in [0, 0.05) is 31.7 Å². The quantitative estimate of drug-likeness (QED) is 0.485. The summed E-state index contributed by atoms with van der Waals surface area (Å²) in [6.07, 6.45) is 1.84. The molecule has 1 fully saturated rings. The molecule has 0 radical (unpaired) electrons. The highest BCUT2D eigenvalue weighted by Gasteiger charge is 2.29. The van der Waals surface area contributed by atoms with E-state index in [0.29, 0.717) is 6.54 Å². The Labute approximate surface area is 213 Å². The summed E-state index contributed by atoms with van der Waals surface area (Å²) in [7, 11) is 0.